The van der Waals surface area contributed by atoms with Crippen LogP contribution in [0.4, 0.5) is 5.13 Å². The van der Waals surface area contributed by atoms with Crippen molar-refractivity contribution >= 4 is 28.3 Å². The van der Waals surface area contributed by atoms with Crippen molar-refractivity contribution in [1.29, 1.82) is 0 Å². The van der Waals surface area contributed by atoms with Crippen LogP contribution in [0.15, 0.2) is 18.2 Å². The molecule has 1 aliphatic carbocycles. The number of aliphatic carboxylic acids is 1. The molecule has 1 aromatic heterocycles. The summed E-state index contributed by atoms with van der Waals surface area (Å²) in [6.07, 6.45) is 2.21. The number of fused-ring (bicyclic) bond motifs is 2. The molecule has 1 unspecified atom stereocenters. The number of benzene rings is 1. The summed E-state index contributed by atoms with van der Waals surface area (Å²) in [5, 5.41) is 12.5. The van der Waals surface area contributed by atoms with Gasteiger partial charge in [-0.2, -0.15) is 0 Å². The van der Waals surface area contributed by atoms with E-state index in [0.29, 0.717) is 34.3 Å². The van der Waals surface area contributed by atoms with Gasteiger partial charge in [-0.3, -0.25) is 14.9 Å². The van der Waals surface area contributed by atoms with E-state index in [1.807, 2.05) is 0 Å². The molecule has 8 heteroatoms. The number of carbonyl (C=O) groups is 2. The van der Waals surface area contributed by atoms with Crippen LogP contribution >= 0.6 is 11.3 Å². The van der Waals surface area contributed by atoms with Crippen LogP contribution in [0.2, 0.25) is 0 Å². The third-order valence-corrected chi connectivity index (χ3v) is 5.15. The molecule has 124 valence electrons. The number of hydrogen-bond donors (Lipinski definition) is 2. The summed E-state index contributed by atoms with van der Waals surface area (Å²) in [6, 6.07) is 4.95. The largest absolute Gasteiger partial charge is 0.481 e. The Labute approximate surface area is 141 Å². The Morgan fingerprint density at radius 3 is 2.96 bits per heavy atom. The quantitative estimate of drug-likeness (QED) is 0.887. The van der Waals surface area contributed by atoms with Gasteiger partial charge in [0.05, 0.1) is 5.69 Å². The van der Waals surface area contributed by atoms with Crippen LogP contribution in [0.25, 0.3) is 0 Å². The average molecular weight is 346 g/mol. The van der Waals surface area contributed by atoms with Gasteiger partial charge in [0.15, 0.2) is 16.6 Å². The van der Waals surface area contributed by atoms with E-state index in [9.17, 15) is 14.7 Å². The van der Waals surface area contributed by atoms with E-state index < -0.39 is 11.9 Å². The van der Waals surface area contributed by atoms with Gasteiger partial charge in [0.2, 0.25) is 6.79 Å². The lowest BCUT2D eigenvalue weighted by Crippen LogP contribution is -2.17. The molecule has 0 radical (unpaired) electrons. The molecular formula is C16H14N2O5S. The topological polar surface area (TPSA) is 97.8 Å². The van der Waals surface area contributed by atoms with Crippen LogP contribution in [0.5, 0.6) is 11.5 Å². The fraction of sp³-hybridized carbons (Fsp3) is 0.312. The van der Waals surface area contributed by atoms with E-state index in [1.54, 1.807) is 18.2 Å². The first-order chi connectivity index (χ1) is 11.6. The number of aromatic nitrogens is 1. The van der Waals surface area contributed by atoms with Gasteiger partial charge in [0, 0.05) is 10.4 Å². The van der Waals surface area contributed by atoms with E-state index in [4.69, 9.17) is 9.47 Å². The maximum Gasteiger partial charge on any atom is 0.312 e. The van der Waals surface area contributed by atoms with Crippen molar-refractivity contribution < 1.29 is 24.2 Å². The minimum Gasteiger partial charge on any atom is -0.481 e. The highest BCUT2D eigenvalue weighted by Gasteiger charge is 2.30. The third-order valence-electron chi connectivity index (χ3n) is 4.11. The van der Waals surface area contributed by atoms with Crippen LogP contribution in [0.1, 0.15) is 39.7 Å². The number of hydrogen-bond acceptors (Lipinski definition) is 6. The number of ether oxygens (including phenoxy) is 2. The minimum absolute atomic E-state index is 0.149. The molecule has 2 aliphatic rings. The maximum absolute atomic E-state index is 12.4. The number of carboxylic acid groups (broad SMARTS) is 1. The highest BCUT2D eigenvalue weighted by atomic mass is 32.1. The summed E-state index contributed by atoms with van der Waals surface area (Å²) in [5.74, 6) is -0.616. The smallest absolute Gasteiger partial charge is 0.312 e. The van der Waals surface area contributed by atoms with Gasteiger partial charge in [-0.1, -0.05) is 0 Å². The number of thiazole rings is 1. The molecule has 4 rings (SSSR count). The van der Waals surface area contributed by atoms with E-state index >= 15 is 0 Å². The lowest BCUT2D eigenvalue weighted by Gasteiger charge is -2.16. The zero-order valence-corrected chi connectivity index (χ0v) is 13.4. The molecule has 1 amide bonds. The number of nitrogens with one attached hydrogen (secondary N) is 1. The van der Waals surface area contributed by atoms with Crippen LogP contribution in [-0.4, -0.2) is 28.8 Å². The Balaban J connectivity index is 1.55. The molecule has 2 aromatic rings. The third kappa shape index (κ3) is 2.58. The van der Waals surface area contributed by atoms with Crippen LogP contribution < -0.4 is 14.8 Å². The van der Waals surface area contributed by atoms with Gasteiger partial charge in [-0.05, 0) is 37.5 Å². The Bertz CT molecular complexity index is 832. The van der Waals surface area contributed by atoms with E-state index in [1.165, 1.54) is 11.3 Å². The number of nitrogens with zero attached hydrogens (tertiary/aromatic N) is 1. The average Bonchev–Trinajstić information content (AvgIpc) is 3.19. The summed E-state index contributed by atoms with van der Waals surface area (Å²) in [7, 11) is 0. The van der Waals surface area contributed by atoms with Crippen molar-refractivity contribution in [1.82, 2.24) is 4.98 Å². The van der Waals surface area contributed by atoms with Crippen molar-refractivity contribution in [3.05, 3.63) is 34.3 Å². The molecule has 1 atom stereocenters. The molecule has 0 saturated carbocycles. The van der Waals surface area contributed by atoms with E-state index in [2.05, 4.69) is 10.3 Å². The molecule has 7 nitrogen and oxygen atoms in total. The lowest BCUT2D eigenvalue weighted by molar-refractivity contribution is -0.139. The van der Waals surface area contributed by atoms with Crippen molar-refractivity contribution in [2.75, 3.05) is 12.1 Å². The van der Waals surface area contributed by atoms with Gasteiger partial charge in [0.25, 0.3) is 5.91 Å². The second-order valence-electron chi connectivity index (χ2n) is 5.63. The van der Waals surface area contributed by atoms with E-state index in [0.717, 1.165) is 17.7 Å². The molecule has 0 spiro atoms. The maximum atomic E-state index is 12.4. The molecule has 2 N–H and O–H groups in total. The zero-order valence-electron chi connectivity index (χ0n) is 12.6. The van der Waals surface area contributed by atoms with Crippen LogP contribution in [-0.2, 0) is 11.2 Å². The Hall–Kier alpha value is -2.61. The minimum atomic E-state index is -0.866. The van der Waals surface area contributed by atoms with Crippen molar-refractivity contribution in [3.8, 4) is 11.5 Å². The van der Waals surface area contributed by atoms with Crippen molar-refractivity contribution in [3.63, 3.8) is 0 Å². The summed E-state index contributed by atoms with van der Waals surface area (Å²) >= 11 is 1.34. The number of amides is 1. The van der Waals surface area contributed by atoms with Crippen LogP contribution in [0.3, 0.4) is 0 Å². The first kappa shape index (κ1) is 14.9. The first-order valence-corrected chi connectivity index (χ1v) is 8.37. The second kappa shape index (κ2) is 5.79. The molecule has 0 saturated heterocycles. The summed E-state index contributed by atoms with van der Waals surface area (Å²) in [4.78, 5) is 29.0. The molecule has 0 bridgehead atoms. The first-order valence-electron chi connectivity index (χ1n) is 7.55. The molecule has 24 heavy (non-hydrogen) atoms. The highest BCUT2D eigenvalue weighted by molar-refractivity contribution is 7.15. The zero-order chi connectivity index (χ0) is 16.7. The van der Waals surface area contributed by atoms with Crippen molar-refractivity contribution in [2.45, 2.75) is 25.2 Å². The number of aryl methyl sites for hydroxylation is 1. The Kier molecular flexibility index (Phi) is 3.61. The van der Waals surface area contributed by atoms with Gasteiger partial charge < -0.3 is 14.6 Å². The SMILES string of the molecule is O=C(Nc1nc2c(s1)CCCC2C(=O)O)c1ccc2c(c1)OCO2. The normalized spacial score (nSPS) is 18.1. The highest BCUT2D eigenvalue weighted by Crippen LogP contribution is 2.37. The molecule has 1 aromatic carbocycles. The van der Waals surface area contributed by atoms with Crippen molar-refractivity contribution in [2.24, 2.45) is 0 Å². The second-order valence-corrected chi connectivity index (χ2v) is 6.72. The molecular weight excluding hydrogens is 332 g/mol. The fourth-order valence-corrected chi connectivity index (χ4v) is 3.98. The Morgan fingerprint density at radius 1 is 1.29 bits per heavy atom. The number of carbonyl (C=O) groups excluding carboxylic acids is 1. The molecule has 0 fully saturated rings. The monoisotopic (exact) mass is 346 g/mol. The molecule has 1 aliphatic heterocycles. The molecule has 2 heterocycles. The van der Waals surface area contributed by atoms with Crippen LogP contribution in [0, 0.1) is 0 Å². The number of rotatable bonds is 3. The van der Waals surface area contributed by atoms with Gasteiger partial charge in [-0.25, -0.2) is 4.98 Å². The van der Waals surface area contributed by atoms with Gasteiger partial charge in [-0.15, -0.1) is 11.3 Å². The Morgan fingerprint density at radius 2 is 2.12 bits per heavy atom. The summed E-state index contributed by atoms with van der Waals surface area (Å²) in [6.45, 7) is 0.149. The van der Waals surface area contributed by atoms with E-state index in [-0.39, 0.29) is 12.7 Å². The number of carboxylic acids is 1. The summed E-state index contributed by atoms with van der Waals surface area (Å²) in [5.41, 5.74) is 1.02. The van der Waals surface area contributed by atoms with Gasteiger partial charge >= 0.3 is 5.97 Å². The van der Waals surface area contributed by atoms with Gasteiger partial charge in [0.1, 0.15) is 5.92 Å². The fourth-order valence-electron chi connectivity index (χ4n) is 2.92. The summed E-state index contributed by atoms with van der Waals surface area (Å²) < 4.78 is 10.5. The predicted molar refractivity (Wildman–Crippen MR) is 85.9 cm³/mol. The standard InChI is InChI=1S/C16H14N2O5S/c19-14(8-4-5-10-11(6-8)23-7-22-10)18-16-17-13-9(15(20)21)2-1-3-12(13)24-16/h4-6,9H,1-3,7H2,(H,20,21)(H,17,18,19). The lowest BCUT2D eigenvalue weighted by atomic mass is 9.91. The predicted octanol–water partition coefficient (Wildman–Crippen LogP) is 2.63. The number of anilines is 1.